The van der Waals surface area contributed by atoms with Crippen molar-refractivity contribution in [2.45, 2.75) is 13.3 Å². The van der Waals surface area contributed by atoms with E-state index in [1.807, 2.05) is 6.92 Å². The van der Waals surface area contributed by atoms with Crippen LogP contribution in [-0.4, -0.2) is 37.6 Å². The molecule has 7 nitrogen and oxygen atoms in total. The standard InChI is InChI=1S/C10H12N6O/c1-2-12-9(17)5-8-14-10(16-15-8)7-6-11-3-4-13-7/h3-4,6H,2,5H2,1H3,(H,12,17)(H,14,15,16). The number of likely N-dealkylation sites (N-methyl/N-ethyl adjacent to an activating group) is 1. The highest BCUT2D eigenvalue weighted by molar-refractivity contribution is 5.77. The summed E-state index contributed by atoms with van der Waals surface area (Å²) in [5.41, 5.74) is 0.575. The maximum absolute atomic E-state index is 11.3. The lowest BCUT2D eigenvalue weighted by Gasteiger charge is -1.97. The van der Waals surface area contributed by atoms with Gasteiger partial charge in [0.1, 0.15) is 11.5 Å². The highest BCUT2D eigenvalue weighted by Crippen LogP contribution is 2.08. The van der Waals surface area contributed by atoms with Crippen molar-refractivity contribution in [2.75, 3.05) is 6.54 Å². The van der Waals surface area contributed by atoms with Crippen LogP contribution in [0.15, 0.2) is 18.6 Å². The summed E-state index contributed by atoms with van der Waals surface area (Å²) in [6, 6.07) is 0. The van der Waals surface area contributed by atoms with Gasteiger partial charge < -0.3 is 5.32 Å². The molecule has 0 aliphatic rings. The summed E-state index contributed by atoms with van der Waals surface area (Å²) in [7, 11) is 0. The first kappa shape index (κ1) is 11.2. The van der Waals surface area contributed by atoms with Crippen LogP contribution in [0.1, 0.15) is 12.7 Å². The van der Waals surface area contributed by atoms with E-state index in [4.69, 9.17) is 0 Å². The van der Waals surface area contributed by atoms with Crippen molar-refractivity contribution in [3.63, 3.8) is 0 Å². The Morgan fingerprint density at radius 1 is 1.47 bits per heavy atom. The maximum Gasteiger partial charge on any atom is 0.227 e. The molecule has 2 N–H and O–H groups in total. The Labute approximate surface area is 97.7 Å². The Hall–Kier alpha value is -2.31. The lowest BCUT2D eigenvalue weighted by atomic mass is 10.4. The first-order chi connectivity index (χ1) is 8.29. The van der Waals surface area contributed by atoms with E-state index in [2.05, 4.69) is 30.5 Å². The molecule has 0 aliphatic carbocycles. The van der Waals surface area contributed by atoms with Gasteiger partial charge in [-0.3, -0.25) is 14.9 Å². The van der Waals surface area contributed by atoms with Crippen molar-refractivity contribution >= 4 is 5.91 Å². The fourth-order valence-corrected chi connectivity index (χ4v) is 1.32. The number of amides is 1. The molecule has 17 heavy (non-hydrogen) atoms. The lowest BCUT2D eigenvalue weighted by molar-refractivity contribution is -0.120. The van der Waals surface area contributed by atoms with Crippen LogP contribution in [-0.2, 0) is 11.2 Å². The van der Waals surface area contributed by atoms with Crippen molar-refractivity contribution in [1.82, 2.24) is 30.5 Å². The predicted molar refractivity (Wildman–Crippen MR) is 59.8 cm³/mol. The summed E-state index contributed by atoms with van der Waals surface area (Å²) in [6.07, 6.45) is 4.89. The molecule has 0 spiro atoms. The zero-order chi connectivity index (χ0) is 12.1. The zero-order valence-corrected chi connectivity index (χ0v) is 9.34. The number of carbonyl (C=O) groups excluding carboxylic acids is 1. The van der Waals surface area contributed by atoms with E-state index in [1.54, 1.807) is 18.6 Å². The summed E-state index contributed by atoms with van der Waals surface area (Å²) in [6.45, 7) is 2.47. The highest BCUT2D eigenvalue weighted by atomic mass is 16.1. The molecule has 0 saturated heterocycles. The van der Waals surface area contributed by atoms with E-state index in [0.717, 1.165) is 0 Å². The predicted octanol–water partition coefficient (Wildman–Crippen LogP) is -0.0597. The van der Waals surface area contributed by atoms with Gasteiger partial charge in [-0.05, 0) is 6.92 Å². The van der Waals surface area contributed by atoms with E-state index in [9.17, 15) is 4.79 Å². The van der Waals surface area contributed by atoms with Crippen LogP contribution in [0, 0.1) is 0 Å². The minimum absolute atomic E-state index is 0.0886. The van der Waals surface area contributed by atoms with Gasteiger partial charge in [-0.15, -0.1) is 0 Å². The Morgan fingerprint density at radius 2 is 2.35 bits per heavy atom. The van der Waals surface area contributed by atoms with Crippen LogP contribution in [0.25, 0.3) is 11.5 Å². The van der Waals surface area contributed by atoms with Crippen LogP contribution in [0.5, 0.6) is 0 Å². The summed E-state index contributed by atoms with van der Waals surface area (Å²) in [4.78, 5) is 23.5. The molecular weight excluding hydrogens is 220 g/mol. The number of hydrogen-bond donors (Lipinski definition) is 2. The first-order valence-corrected chi connectivity index (χ1v) is 5.24. The van der Waals surface area contributed by atoms with E-state index in [-0.39, 0.29) is 12.3 Å². The molecule has 0 atom stereocenters. The van der Waals surface area contributed by atoms with E-state index >= 15 is 0 Å². The van der Waals surface area contributed by atoms with Gasteiger partial charge in [-0.1, -0.05) is 0 Å². The molecule has 0 saturated carbocycles. The van der Waals surface area contributed by atoms with Crippen LogP contribution >= 0.6 is 0 Å². The molecule has 2 aromatic rings. The number of hydrogen-bond acceptors (Lipinski definition) is 5. The fourth-order valence-electron chi connectivity index (χ4n) is 1.32. The lowest BCUT2D eigenvalue weighted by Crippen LogP contribution is -2.24. The number of nitrogens with one attached hydrogen (secondary N) is 2. The number of aromatic amines is 1. The van der Waals surface area contributed by atoms with Gasteiger partial charge >= 0.3 is 0 Å². The van der Waals surface area contributed by atoms with Gasteiger partial charge in [0.25, 0.3) is 0 Å². The average Bonchev–Trinajstić information content (AvgIpc) is 2.79. The highest BCUT2D eigenvalue weighted by Gasteiger charge is 2.09. The molecule has 2 heterocycles. The van der Waals surface area contributed by atoms with Crippen LogP contribution < -0.4 is 5.32 Å². The van der Waals surface area contributed by atoms with Gasteiger partial charge in [-0.25, -0.2) is 9.97 Å². The molecule has 0 aliphatic heterocycles. The quantitative estimate of drug-likeness (QED) is 0.769. The zero-order valence-electron chi connectivity index (χ0n) is 9.34. The fraction of sp³-hybridized carbons (Fsp3) is 0.300. The number of carbonyl (C=O) groups is 1. The molecule has 0 radical (unpaired) electrons. The number of rotatable bonds is 4. The molecular formula is C10H12N6O. The van der Waals surface area contributed by atoms with E-state index < -0.39 is 0 Å². The molecule has 2 rings (SSSR count). The Bertz CT molecular complexity index is 495. The minimum Gasteiger partial charge on any atom is -0.356 e. The summed E-state index contributed by atoms with van der Waals surface area (Å²) < 4.78 is 0. The van der Waals surface area contributed by atoms with Gasteiger partial charge in [0.15, 0.2) is 0 Å². The largest absolute Gasteiger partial charge is 0.356 e. The third kappa shape index (κ3) is 2.83. The van der Waals surface area contributed by atoms with Crippen molar-refractivity contribution in [3.8, 4) is 11.5 Å². The molecule has 0 unspecified atom stereocenters. The van der Waals surface area contributed by atoms with Crippen LogP contribution in [0.3, 0.4) is 0 Å². The molecule has 0 aromatic carbocycles. The number of aromatic nitrogens is 5. The summed E-state index contributed by atoms with van der Waals surface area (Å²) in [5, 5.41) is 9.37. The van der Waals surface area contributed by atoms with Crippen LogP contribution in [0.2, 0.25) is 0 Å². The smallest absolute Gasteiger partial charge is 0.227 e. The Kier molecular flexibility index (Phi) is 3.39. The third-order valence-electron chi connectivity index (χ3n) is 2.03. The van der Waals surface area contributed by atoms with Gasteiger partial charge in [-0.2, -0.15) is 5.10 Å². The van der Waals surface area contributed by atoms with Gasteiger partial charge in [0.2, 0.25) is 11.7 Å². The van der Waals surface area contributed by atoms with E-state index in [0.29, 0.717) is 23.9 Å². The SMILES string of the molecule is CCNC(=O)Cc1nc(-c2cnccn2)n[nH]1. The topological polar surface area (TPSA) is 96.5 Å². The molecule has 1 amide bonds. The second-order valence-electron chi connectivity index (χ2n) is 3.33. The summed E-state index contributed by atoms with van der Waals surface area (Å²) >= 11 is 0. The molecule has 2 aromatic heterocycles. The Morgan fingerprint density at radius 3 is 3.06 bits per heavy atom. The van der Waals surface area contributed by atoms with Crippen LogP contribution in [0.4, 0.5) is 0 Å². The number of nitrogens with zero attached hydrogens (tertiary/aromatic N) is 4. The van der Waals surface area contributed by atoms with Crippen molar-refractivity contribution in [3.05, 3.63) is 24.4 Å². The monoisotopic (exact) mass is 232 g/mol. The molecule has 88 valence electrons. The van der Waals surface area contributed by atoms with Crippen molar-refractivity contribution < 1.29 is 4.79 Å². The van der Waals surface area contributed by atoms with Crippen molar-refractivity contribution in [1.29, 1.82) is 0 Å². The molecule has 0 fully saturated rings. The van der Waals surface area contributed by atoms with Crippen molar-refractivity contribution in [2.24, 2.45) is 0 Å². The number of H-pyrrole nitrogens is 1. The second kappa shape index (κ2) is 5.15. The average molecular weight is 232 g/mol. The Balaban J connectivity index is 2.09. The normalized spacial score (nSPS) is 10.2. The second-order valence-corrected chi connectivity index (χ2v) is 3.33. The first-order valence-electron chi connectivity index (χ1n) is 5.24. The minimum atomic E-state index is -0.0886. The van der Waals surface area contributed by atoms with Gasteiger partial charge in [0, 0.05) is 18.9 Å². The maximum atomic E-state index is 11.3. The third-order valence-corrected chi connectivity index (χ3v) is 2.03. The summed E-state index contributed by atoms with van der Waals surface area (Å²) in [5.74, 6) is 0.864. The molecule has 0 bridgehead atoms. The molecule has 7 heteroatoms. The van der Waals surface area contributed by atoms with Gasteiger partial charge in [0.05, 0.1) is 12.6 Å². The van der Waals surface area contributed by atoms with E-state index in [1.165, 1.54) is 0 Å².